The van der Waals surface area contributed by atoms with Gasteiger partial charge in [0.1, 0.15) is 5.82 Å². The van der Waals surface area contributed by atoms with Gasteiger partial charge in [-0.2, -0.15) is 0 Å². The number of aliphatic imine (C=N–C) groups is 1. The van der Waals surface area contributed by atoms with E-state index in [1.54, 1.807) is 13.2 Å². The number of hydrogen-bond acceptors (Lipinski definition) is 4. The molecule has 1 fully saturated rings. The Morgan fingerprint density at radius 1 is 1.41 bits per heavy atom. The molecule has 7 nitrogen and oxygen atoms in total. The van der Waals surface area contributed by atoms with Gasteiger partial charge < -0.3 is 21.3 Å². The van der Waals surface area contributed by atoms with Crippen LogP contribution < -0.4 is 21.3 Å². The van der Waals surface area contributed by atoms with E-state index in [1.165, 1.54) is 0 Å². The minimum Gasteiger partial charge on any atom is -0.369 e. The Bertz CT molecular complexity index is 629. The van der Waals surface area contributed by atoms with Gasteiger partial charge in [-0.15, -0.1) is 0 Å². The van der Waals surface area contributed by atoms with E-state index < -0.39 is 0 Å². The number of carbonyl (C=O) groups is 1. The number of pyridine rings is 1. The van der Waals surface area contributed by atoms with Crippen molar-refractivity contribution in [1.29, 1.82) is 0 Å². The van der Waals surface area contributed by atoms with E-state index in [-0.39, 0.29) is 11.8 Å². The molecule has 1 atom stereocenters. The molecule has 0 bridgehead atoms. The van der Waals surface area contributed by atoms with Crippen molar-refractivity contribution in [2.24, 2.45) is 22.6 Å². The van der Waals surface area contributed by atoms with Gasteiger partial charge in [-0.05, 0) is 24.8 Å². The van der Waals surface area contributed by atoms with Gasteiger partial charge in [0.2, 0.25) is 5.91 Å². The molecule has 0 aliphatic carbocycles. The normalized spacial score (nSPS) is 17.9. The van der Waals surface area contributed by atoms with Gasteiger partial charge in [0, 0.05) is 45.0 Å². The molecule has 1 aliphatic rings. The summed E-state index contributed by atoms with van der Waals surface area (Å²) in [5.74, 6) is 2.05. The number of rotatable bonds is 8. The van der Waals surface area contributed by atoms with Gasteiger partial charge in [0.05, 0.1) is 5.92 Å². The maximum absolute atomic E-state index is 11.6. The molecule has 1 aliphatic heterocycles. The fraction of sp³-hybridized carbons (Fsp3) is 0.650. The molecule has 1 saturated heterocycles. The Morgan fingerprint density at radius 3 is 2.85 bits per heavy atom. The van der Waals surface area contributed by atoms with Crippen molar-refractivity contribution in [2.45, 2.75) is 46.1 Å². The van der Waals surface area contributed by atoms with E-state index in [2.05, 4.69) is 45.4 Å². The molecule has 1 aromatic rings. The zero-order valence-electron chi connectivity index (χ0n) is 16.9. The third-order valence-corrected chi connectivity index (χ3v) is 5.37. The number of anilines is 1. The molecule has 2 rings (SSSR count). The van der Waals surface area contributed by atoms with E-state index >= 15 is 0 Å². The quantitative estimate of drug-likeness (QED) is 0.477. The van der Waals surface area contributed by atoms with E-state index in [4.69, 9.17) is 5.73 Å². The first-order chi connectivity index (χ1) is 13.1. The number of guanidine groups is 1. The first kappa shape index (κ1) is 21.0. The Kier molecular flexibility index (Phi) is 8.36. The van der Waals surface area contributed by atoms with Gasteiger partial charge in [0.15, 0.2) is 5.96 Å². The maximum Gasteiger partial charge on any atom is 0.222 e. The monoisotopic (exact) mass is 374 g/mol. The first-order valence-corrected chi connectivity index (χ1v) is 10.0. The number of hydrogen-bond donors (Lipinski definition) is 3. The summed E-state index contributed by atoms with van der Waals surface area (Å²) in [7, 11) is 1.79. The summed E-state index contributed by atoms with van der Waals surface area (Å²) in [4.78, 5) is 22.7. The molecule has 2 heterocycles. The summed E-state index contributed by atoms with van der Waals surface area (Å²) in [5.41, 5.74) is 6.61. The van der Waals surface area contributed by atoms with Crippen LogP contribution in [0.3, 0.4) is 0 Å². The number of carbonyl (C=O) groups excluding carboxylic acids is 1. The summed E-state index contributed by atoms with van der Waals surface area (Å²) < 4.78 is 0. The van der Waals surface area contributed by atoms with Crippen molar-refractivity contribution in [1.82, 2.24) is 15.6 Å². The second kappa shape index (κ2) is 10.7. The first-order valence-electron chi connectivity index (χ1n) is 10.0. The molecule has 1 aromatic heterocycles. The second-order valence-corrected chi connectivity index (χ2v) is 7.16. The molecule has 1 amide bonds. The minimum absolute atomic E-state index is 0.101. The van der Waals surface area contributed by atoms with Crippen molar-refractivity contribution in [3.8, 4) is 0 Å². The molecule has 1 unspecified atom stereocenters. The molecular formula is C20H34N6O. The predicted molar refractivity (Wildman–Crippen MR) is 111 cm³/mol. The zero-order chi connectivity index (χ0) is 19.6. The van der Waals surface area contributed by atoms with Crippen LogP contribution in [-0.4, -0.2) is 43.5 Å². The van der Waals surface area contributed by atoms with Crippen LogP contribution in [0.4, 0.5) is 5.82 Å². The number of primary amides is 1. The van der Waals surface area contributed by atoms with E-state index in [1.807, 2.05) is 6.07 Å². The number of nitrogens with two attached hydrogens (primary N) is 1. The summed E-state index contributed by atoms with van der Waals surface area (Å²) in [6.07, 6.45) is 5.92. The van der Waals surface area contributed by atoms with Crippen LogP contribution >= 0.6 is 0 Å². The highest BCUT2D eigenvalue weighted by atomic mass is 16.1. The SMILES string of the molecule is CCC(CC)CNC(=NC)NCc1cccnc1N1CCCC(C(N)=O)C1. The van der Waals surface area contributed by atoms with Crippen LogP contribution in [0.2, 0.25) is 0 Å². The highest BCUT2D eigenvalue weighted by molar-refractivity contribution is 5.80. The Labute approximate surface area is 162 Å². The van der Waals surface area contributed by atoms with Gasteiger partial charge >= 0.3 is 0 Å². The van der Waals surface area contributed by atoms with Gasteiger partial charge in [-0.25, -0.2) is 4.98 Å². The highest BCUT2D eigenvalue weighted by Crippen LogP contribution is 2.24. The molecule has 7 heteroatoms. The van der Waals surface area contributed by atoms with Crippen molar-refractivity contribution in [3.05, 3.63) is 23.9 Å². The smallest absolute Gasteiger partial charge is 0.222 e. The van der Waals surface area contributed by atoms with Crippen molar-refractivity contribution < 1.29 is 4.79 Å². The summed E-state index contributed by atoms with van der Waals surface area (Å²) >= 11 is 0. The van der Waals surface area contributed by atoms with Crippen LogP contribution in [0.1, 0.15) is 45.1 Å². The maximum atomic E-state index is 11.6. The number of aromatic nitrogens is 1. The molecule has 0 aromatic carbocycles. The van der Waals surface area contributed by atoms with E-state index in [0.717, 1.165) is 56.1 Å². The second-order valence-electron chi connectivity index (χ2n) is 7.16. The average molecular weight is 375 g/mol. The van der Waals surface area contributed by atoms with E-state index in [9.17, 15) is 4.79 Å². The standard InChI is InChI=1S/C20H34N6O/c1-4-15(5-2)12-24-20(22-3)25-13-16-8-6-10-23-19(16)26-11-7-9-17(14-26)18(21)27/h6,8,10,15,17H,4-5,7,9,11-14H2,1-3H3,(H2,21,27)(H2,22,24,25). The average Bonchev–Trinajstić information content (AvgIpc) is 2.71. The molecule has 0 radical (unpaired) electrons. The molecular weight excluding hydrogens is 340 g/mol. The number of amides is 1. The summed E-state index contributed by atoms with van der Waals surface area (Å²) in [6, 6.07) is 4.01. The van der Waals surface area contributed by atoms with Gasteiger partial charge in [-0.1, -0.05) is 32.8 Å². The molecule has 4 N–H and O–H groups in total. The molecule has 150 valence electrons. The van der Waals surface area contributed by atoms with Crippen molar-refractivity contribution in [3.63, 3.8) is 0 Å². The van der Waals surface area contributed by atoms with Crippen LogP contribution in [0.15, 0.2) is 23.3 Å². The van der Waals surface area contributed by atoms with E-state index in [0.29, 0.717) is 19.0 Å². The van der Waals surface area contributed by atoms with Crippen LogP contribution in [0.5, 0.6) is 0 Å². The van der Waals surface area contributed by atoms with Crippen molar-refractivity contribution >= 4 is 17.7 Å². The summed E-state index contributed by atoms with van der Waals surface area (Å²) in [6.45, 7) is 7.51. The van der Waals surface area contributed by atoms with Crippen molar-refractivity contribution in [2.75, 3.05) is 31.6 Å². The largest absolute Gasteiger partial charge is 0.369 e. The van der Waals surface area contributed by atoms with Gasteiger partial charge in [-0.3, -0.25) is 9.79 Å². The fourth-order valence-electron chi connectivity index (χ4n) is 3.47. The lowest BCUT2D eigenvalue weighted by molar-refractivity contribution is -0.122. The molecule has 0 spiro atoms. The molecule has 0 saturated carbocycles. The van der Waals surface area contributed by atoms with Crippen LogP contribution in [-0.2, 0) is 11.3 Å². The highest BCUT2D eigenvalue weighted by Gasteiger charge is 2.25. The Balaban J connectivity index is 1.99. The Hall–Kier alpha value is -2.31. The lowest BCUT2D eigenvalue weighted by atomic mass is 9.97. The topological polar surface area (TPSA) is 95.6 Å². The number of nitrogens with zero attached hydrogens (tertiary/aromatic N) is 3. The number of nitrogens with one attached hydrogen (secondary N) is 2. The number of piperidine rings is 1. The zero-order valence-corrected chi connectivity index (χ0v) is 16.9. The lowest BCUT2D eigenvalue weighted by Gasteiger charge is -2.33. The fourth-order valence-corrected chi connectivity index (χ4v) is 3.47. The van der Waals surface area contributed by atoms with Crippen LogP contribution in [0.25, 0.3) is 0 Å². The lowest BCUT2D eigenvalue weighted by Crippen LogP contribution is -2.42. The third-order valence-electron chi connectivity index (χ3n) is 5.37. The molecule has 27 heavy (non-hydrogen) atoms. The minimum atomic E-state index is -0.221. The van der Waals surface area contributed by atoms with Crippen LogP contribution in [0, 0.1) is 11.8 Å². The third kappa shape index (κ3) is 6.12. The summed E-state index contributed by atoms with van der Waals surface area (Å²) in [5, 5.41) is 6.79. The predicted octanol–water partition coefficient (Wildman–Crippen LogP) is 1.88. The Morgan fingerprint density at radius 2 is 2.19 bits per heavy atom. The van der Waals surface area contributed by atoms with Gasteiger partial charge in [0.25, 0.3) is 0 Å².